The summed E-state index contributed by atoms with van der Waals surface area (Å²) in [6.45, 7) is 0.284. The van der Waals surface area contributed by atoms with Gasteiger partial charge in [-0.3, -0.25) is 0 Å². The standard InChI is InChI=1S/C16H15F3O2/c1-21-10-12-5-2-3-8-14(12)15(20)11-6-4-7-13(9-11)16(17,18)19/h2-9,15,20H,10H2,1H3. The SMILES string of the molecule is COCc1ccccc1C(O)c1cccc(C(F)(F)F)c1. The summed E-state index contributed by atoms with van der Waals surface area (Å²) in [5, 5.41) is 10.4. The molecule has 1 N–H and O–H groups in total. The molecule has 0 bridgehead atoms. The van der Waals surface area contributed by atoms with Crippen LogP contribution in [0.25, 0.3) is 0 Å². The quantitative estimate of drug-likeness (QED) is 0.926. The lowest BCUT2D eigenvalue weighted by Gasteiger charge is -2.17. The van der Waals surface area contributed by atoms with Crippen LogP contribution in [0.15, 0.2) is 48.5 Å². The molecule has 2 aromatic rings. The van der Waals surface area contributed by atoms with Gasteiger partial charge in [-0.25, -0.2) is 0 Å². The van der Waals surface area contributed by atoms with Crippen LogP contribution in [0.2, 0.25) is 0 Å². The molecule has 0 radical (unpaired) electrons. The topological polar surface area (TPSA) is 29.5 Å². The van der Waals surface area contributed by atoms with Crippen LogP contribution < -0.4 is 0 Å². The van der Waals surface area contributed by atoms with E-state index in [9.17, 15) is 18.3 Å². The van der Waals surface area contributed by atoms with Crippen LogP contribution in [0.4, 0.5) is 13.2 Å². The fourth-order valence-electron chi connectivity index (χ4n) is 2.15. The Bertz CT molecular complexity index is 608. The predicted molar refractivity (Wildman–Crippen MR) is 72.7 cm³/mol. The van der Waals surface area contributed by atoms with Crippen LogP contribution in [0.5, 0.6) is 0 Å². The van der Waals surface area contributed by atoms with Crippen LogP contribution in [0, 0.1) is 0 Å². The summed E-state index contributed by atoms with van der Waals surface area (Å²) in [6, 6.07) is 11.7. The number of aliphatic hydroxyl groups is 1. The summed E-state index contributed by atoms with van der Waals surface area (Å²) < 4.78 is 43.2. The van der Waals surface area contributed by atoms with Gasteiger partial charge in [-0.2, -0.15) is 13.2 Å². The number of benzene rings is 2. The Morgan fingerprint density at radius 1 is 1.10 bits per heavy atom. The van der Waals surface area contributed by atoms with Crippen molar-refractivity contribution in [2.24, 2.45) is 0 Å². The fourth-order valence-corrected chi connectivity index (χ4v) is 2.15. The number of alkyl halides is 3. The van der Waals surface area contributed by atoms with Crippen molar-refractivity contribution in [3.8, 4) is 0 Å². The molecule has 0 aliphatic carbocycles. The number of ether oxygens (including phenoxy) is 1. The molecule has 0 fully saturated rings. The Morgan fingerprint density at radius 2 is 1.81 bits per heavy atom. The normalized spacial score (nSPS) is 13.2. The van der Waals surface area contributed by atoms with E-state index < -0.39 is 17.8 Å². The van der Waals surface area contributed by atoms with Gasteiger partial charge in [0.15, 0.2) is 0 Å². The molecule has 0 spiro atoms. The molecule has 0 aliphatic rings. The third kappa shape index (κ3) is 3.62. The van der Waals surface area contributed by atoms with Crippen molar-refractivity contribution in [1.29, 1.82) is 0 Å². The average Bonchev–Trinajstić information content (AvgIpc) is 2.47. The van der Waals surface area contributed by atoms with Crippen molar-refractivity contribution in [3.63, 3.8) is 0 Å². The lowest BCUT2D eigenvalue weighted by atomic mass is 9.96. The molecule has 5 heteroatoms. The van der Waals surface area contributed by atoms with Crippen LogP contribution in [0.1, 0.15) is 28.4 Å². The zero-order chi connectivity index (χ0) is 15.5. The number of hydrogen-bond acceptors (Lipinski definition) is 2. The Kier molecular flexibility index (Phi) is 4.65. The van der Waals surface area contributed by atoms with Crippen molar-refractivity contribution in [2.45, 2.75) is 18.9 Å². The van der Waals surface area contributed by atoms with Crippen LogP contribution in [-0.2, 0) is 17.5 Å². The maximum Gasteiger partial charge on any atom is 0.416 e. The van der Waals surface area contributed by atoms with Gasteiger partial charge in [0.1, 0.15) is 6.10 Å². The minimum absolute atomic E-state index is 0.202. The Hall–Kier alpha value is -1.85. The number of methoxy groups -OCH3 is 1. The van der Waals surface area contributed by atoms with E-state index in [1.807, 2.05) is 0 Å². The highest BCUT2D eigenvalue weighted by molar-refractivity contribution is 5.37. The van der Waals surface area contributed by atoms with Gasteiger partial charge in [0, 0.05) is 7.11 Å². The second-order valence-corrected chi connectivity index (χ2v) is 4.66. The van der Waals surface area contributed by atoms with Gasteiger partial charge in [-0.1, -0.05) is 36.4 Å². The van der Waals surface area contributed by atoms with E-state index >= 15 is 0 Å². The van der Waals surface area contributed by atoms with E-state index in [-0.39, 0.29) is 12.2 Å². The summed E-state index contributed by atoms with van der Waals surface area (Å²) in [5.74, 6) is 0. The van der Waals surface area contributed by atoms with E-state index in [4.69, 9.17) is 4.74 Å². The fraction of sp³-hybridized carbons (Fsp3) is 0.250. The highest BCUT2D eigenvalue weighted by Gasteiger charge is 2.31. The molecule has 112 valence electrons. The Morgan fingerprint density at radius 3 is 2.48 bits per heavy atom. The number of aliphatic hydroxyl groups excluding tert-OH is 1. The molecule has 2 rings (SSSR count). The number of rotatable bonds is 4. The zero-order valence-corrected chi connectivity index (χ0v) is 11.4. The van der Waals surface area contributed by atoms with Gasteiger partial charge in [0.05, 0.1) is 12.2 Å². The highest BCUT2D eigenvalue weighted by Crippen LogP contribution is 2.32. The first-order chi connectivity index (χ1) is 9.93. The number of halogens is 3. The first kappa shape index (κ1) is 15.5. The molecule has 0 saturated heterocycles. The van der Waals surface area contributed by atoms with E-state index in [0.29, 0.717) is 5.56 Å². The predicted octanol–water partition coefficient (Wildman–Crippen LogP) is 3.93. The van der Waals surface area contributed by atoms with Gasteiger partial charge in [0.25, 0.3) is 0 Å². The van der Waals surface area contributed by atoms with Gasteiger partial charge in [-0.05, 0) is 28.8 Å². The molecule has 1 unspecified atom stereocenters. The highest BCUT2D eigenvalue weighted by atomic mass is 19.4. The minimum Gasteiger partial charge on any atom is -0.384 e. The van der Waals surface area contributed by atoms with Gasteiger partial charge >= 0.3 is 6.18 Å². The molecular weight excluding hydrogens is 281 g/mol. The molecule has 2 nitrogen and oxygen atoms in total. The zero-order valence-electron chi connectivity index (χ0n) is 11.4. The number of hydrogen-bond donors (Lipinski definition) is 1. The first-order valence-corrected chi connectivity index (χ1v) is 6.35. The van der Waals surface area contributed by atoms with Crippen molar-refractivity contribution in [2.75, 3.05) is 7.11 Å². The molecule has 2 aromatic carbocycles. The maximum absolute atomic E-state index is 12.7. The summed E-state index contributed by atoms with van der Waals surface area (Å²) in [4.78, 5) is 0. The minimum atomic E-state index is -4.43. The third-order valence-electron chi connectivity index (χ3n) is 3.18. The van der Waals surface area contributed by atoms with Crippen LogP contribution in [0.3, 0.4) is 0 Å². The van der Waals surface area contributed by atoms with Gasteiger partial charge < -0.3 is 9.84 Å². The smallest absolute Gasteiger partial charge is 0.384 e. The van der Waals surface area contributed by atoms with E-state index in [1.54, 1.807) is 24.3 Å². The van der Waals surface area contributed by atoms with Gasteiger partial charge in [0.2, 0.25) is 0 Å². The molecule has 0 aliphatic heterocycles. The monoisotopic (exact) mass is 296 g/mol. The molecular formula is C16H15F3O2. The van der Waals surface area contributed by atoms with E-state index in [0.717, 1.165) is 17.7 Å². The molecule has 21 heavy (non-hydrogen) atoms. The Balaban J connectivity index is 2.38. The molecule has 0 saturated carbocycles. The summed E-state index contributed by atoms with van der Waals surface area (Å²) in [6.07, 6.45) is -5.56. The molecule has 1 atom stereocenters. The Labute approximate surface area is 120 Å². The van der Waals surface area contributed by atoms with Crippen molar-refractivity contribution in [1.82, 2.24) is 0 Å². The van der Waals surface area contributed by atoms with Crippen molar-refractivity contribution in [3.05, 3.63) is 70.8 Å². The summed E-state index contributed by atoms with van der Waals surface area (Å²) in [5.41, 5.74) is 0.709. The second-order valence-electron chi connectivity index (χ2n) is 4.66. The summed E-state index contributed by atoms with van der Waals surface area (Å²) in [7, 11) is 1.52. The molecule has 0 aromatic heterocycles. The molecule has 0 heterocycles. The summed E-state index contributed by atoms with van der Waals surface area (Å²) >= 11 is 0. The third-order valence-corrected chi connectivity index (χ3v) is 3.18. The molecule has 0 amide bonds. The van der Waals surface area contributed by atoms with Gasteiger partial charge in [-0.15, -0.1) is 0 Å². The average molecular weight is 296 g/mol. The maximum atomic E-state index is 12.7. The van der Waals surface area contributed by atoms with Crippen molar-refractivity contribution < 1.29 is 23.0 Å². The van der Waals surface area contributed by atoms with Crippen LogP contribution >= 0.6 is 0 Å². The first-order valence-electron chi connectivity index (χ1n) is 6.35. The van der Waals surface area contributed by atoms with E-state index in [2.05, 4.69) is 0 Å². The van der Waals surface area contributed by atoms with E-state index in [1.165, 1.54) is 19.2 Å². The van der Waals surface area contributed by atoms with Crippen molar-refractivity contribution >= 4 is 0 Å². The lowest BCUT2D eigenvalue weighted by Crippen LogP contribution is -2.08. The lowest BCUT2D eigenvalue weighted by molar-refractivity contribution is -0.137. The van der Waals surface area contributed by atoms with Crippen LogP contribution in [-0.4, -0.2) is 12.2 Å². The second kappa shape index (κ2) is 6.28. The largest absolute Gasteiger partial charge is 0.416 e.